The molecule has 0 spiro atoms. The number of benzene rings is 1. The third-order valence-corrected chi connectivity index (χ3v) is 8.73. The van der Waals surface area contributed by atoms with E-state index in [1.54, 1.807) is 19.1 Å². The van der Waals surface area contributed by atoms with E-state index in [0.29, 0.717) is 69.2 Å². The number of hydrogen-bond acceptors (Lipinski definition) is 7. The van der Waals surface area contributed by atoms with Gasteiger partial charge in [-0.1, -0.05) is 36.2 Å². The molecule has 0 aliphatic heterocycles. The summed E-state index contributed by atoms with van der Waals surface area (Å²) in [5.74, 6) is -0.636. The highest BCUT2D eigenvalue weighted by atomic mass is 35.5. The zero-order chi connectivity index (χ0) is 28.9. The van der Waals surface area contributed by atoms with E-state index in [2.05, 4.69) is 43.9 Å². The zero-order valence-electron chi connectivity index (χ0n) is 22.6. The number of aryl methyl sites for hydroxylation is 1. The SMILES string of the molecule is Cc1nc(F)ccc1C(Nc1cc(Cl)c2ncc(C#N)c(NCC3(C)CCC3)c2c1)c1cn(C2(C(F)F)CC2)nn1. The quantitative estimate of drug-likeness (QED) is 0.211. The number of alkyl halides is 2. The van der Waals surface area contributed by atoms with E-state index in [4.69, 9.17) is 11.6 Å². The number of nitrogens with one attached hydrogen (secondary N) is 2. The molecule has 3 heterocycles. The summed E-state index contributed by atoms with van der Waals surface area (Å²) in [5, 5.41) is 26.0. The predicted molar refractivity (Wildman–Crippen MR) is 150 cm³/mol. The van der Waals surface area contributed by atoms with Crippen molar-refractivity contribution >= 4 is 33.9 Å². The van der Waals surface area contributed by atoms with Gasteiger partial charge >= 0.3 is 0 Å². The van der Waals surface area contributed by atoms with Gasteiger partial charge in [0.1, 0.15) is 17.3 Å². The monoisotopic (exact) mass is 580 g/mol. The molecule has 3 aromatic heterocycles. The molecule has 8 nitrogen and oxygen atoms in total. The Morgan fingerprint density at radius 3 is 2.61 bits per heavy atom. The van der Waals surface area contributed by atoms with Gasteiger partial charge in [-0.05, 0) is 56.2 Å². The summed E-state index contributed by atoms with van der Waals surface area (Å²) in [5.41, 5.74) is 2.31. The summed E-state index contributed by atoms with van der Waals surface area (Å²) in [6.07, 6.45) is 4.46. The van der Waals surface area contributed by atoms with Crippen molar-refractivity contribution in [2.75, 3.05) is 17.2 Å². The summed E-state index contributed by atoms with van der Waals surface area (Å²) in [6.45, 7) is 4.59. The van der Waals surface area contributed by atoms with E-state index in [0.717, 1.165) is 12.8 Å². The van der Waals surface area contributed by atoms with Gasteiger partial charge in [0, 0.05) is 35.1 Å². The van der Waals surface area contributed by atoms with E-state index >= 15 is 0 Å². The van der Waals surface area contributed by atoms with Crippen molar-refractivity contribution in [1.82, 2.24) is 25.0 Å². The summed E-state index contributed by atoms with van der Waals surface area (Å²) in [4.78, 5) is 8.39. The average molecular weight is 581 g/mol. The third-order valence-electron chi connectivity index (χ3n) is 8.44. The minimum atomic E-state index is -2.58. The van der Waals surface area contributed by atoms with Crippen molar-refractivity contribution in [3.8, 4) is 6.07 Å². The largest absolute Gasteiger partial charge is 0.383 e. The molecule has 2 aliphatic carbocycles. The fourth-order valence-electron chi connectivity index (χ4n) is 5.50. The Balaban J connectivity index is 1.42. The summed E-state index contributed by atoms with van der Waals surface area (Å²) in [6, 6.07) is 7.87. The molecule has 41 heavy (non-hydrogen) atoms. The van der Waals surface area contributed by atoms with Gasteiger partial charge in [0.05, 0.1) is 34.0 Å². The second-order valence-electron chi connectivity index (χ2n) is 11.4. The fourth-order valence-corrected chi connectivity index (χ4v) is 5.77. The number of nitrogens with zero attached hydrogens (tertiary/aromatic N) is 6. The topological polar surface area (TPSA) is 104 Å². The van der Waals surface area contributed by atoms with Crippen LogP contribution in [0.4, 0.5) is 24.5 Å². The lowest BCUT2D eigenvalue weighted by atomic mass is 9.70. The molecule has 12 heteroatoms. The Labute approximate surface area is 239 Å². The Morgan fingerprint density at radius 2 is 1.98 bits per heavy atom. The molecule has 2 aliphatic rings. The Bertz CT molecular complexity index is 1670. The first kappa shape index (κ1) is 27.3. The molecule has 2 fully saturated rings. The van der Waals surface area contributed by atoms with Crippen LogP contribution in [-0.2, 0) is 5.54 Å². The standard InChI is InChI=1S/C29H28ClF3N8/c1-16-19(4-5-23(31)37-16)26(22-14-41(40-39-22)29(8-9-29)27(32)33)38-18-10-20-24(36-15-28(2)6-3-7-28)17(12-34)13-35-25(20)21(30)11-18/h4-5,10-11,13-14,26-27,38H,3,6-9,15H2,1-2H3,(H,35,36). The van der Waals surface area contributed by atoms with Gasteiger partial charge < -0.3 is 10.6 Å². The molecule has 0 radical (unpaired) electrons. The van der Waals surface area contributed by atoms with E-state index in [1.807, 2.05) is 6.07 Å². The van der Waals surface area contributed by atoms with Gasteiger partial charge in [0.25, 0.3) is 6.43 Å². The normalized spacial score (nSPS) is 17.6. The Morgan fingerprint density at radius 1 is 1.20 bits per heavy atom. The van der Waals surface area contributed by atoms with Crippen LogP contribution in [0.1, 0.15) is 67.6 Å². The van der Waals surface area contributed by atoms with Gasteiger partial charge in [-0.3, -0.25) is 4.98 Å². The molecule has 2 N–H and O–H groups in total. The minimum absolute atomic E-state index is 0.156. The number of anilines is 2. The molecule has 212 valence electrons. The second-order valence-corrected chi connectivity index (χ2v) is 11.8. The van der Waals surface area contributed by atoms with Crippen LogP contribution in [0.5, 0.6) is 0 Å². The molecule has 0 bridgehead atoms. The highest BCUT2D eigenvalue weighted by Crippen LogP contribution is 2.48. The molecule has 1 aromatic carbocycles. The zero-order valence-corrected chi connectivity index (χ0v) is 23.3. The fraction of sp³-hybridized carbons (Fsp3) is 0.414. The predicted octanol–water partition coefficient (Wildman–Crippen LogP) is 6.75. The molecule has 1 unspecified atom stereocenters. The van der Waals surface area contributed by atoms with Crippen LogP contribution < -0.4 is 10.6 Å². The Hall–Kier alpha value is -3.91. The lowest BCUT2D eigenvalue weighted by Gasteiger charge is -2.38. The Kier molecular flexibility index (Phi) is 6.77. The summed E-state index contributed by atoms with van der Waals surface area (Å²) in [7, 11) is 0. The number of hydrogen-bond donors (Lipinski definition) is 2. The number of fused-ring (bicyclic) bond motifs is 1. The highest BCUT2D eigenvalue weighted by Gasteiger charge is 2.54. The third kappa shape index (κ3) is 4.95. The van der Waals surface area contributed by atoms with Crippen molar-refractivity contribution in [3.63, 3.8) is 0 Å². The van der Waals surface area contributed by atoms with E-state index in [-0.39, 0.29) is 5.41 Å². The maximum absolute atomic E-state index is 13.9. The van der Waals surface area contributed by atoms with Crippen molar-refractivity contribution in [3.05, 3.63) is 70.1 Å². The maximum atomic E-state index is 13.9. The molecular weight excluding hydrogens is 553 g/mol. The first-order valence-electron chi connectivity index (χ1n) is 13.5. The lowest BCUT2D eigenvalue weighted by molar-refractivity contribution is 0.0593. The van der Waals surface area contributed by atoms with Crippen molar-refractivity contribution in [2.24, 2.45) is 5.41 Å². The van der Waals surface area contributed by atoms with E-state index in [9.17, 15) is 18.4 Å². The minimum Gasteiger partial charge on any atom is -0.383 e. The molecule has 1 atom stereocenters. The van der Waals surface area contributed by atoms with Gasteiger partial charge in [-0.15, -0.1) is 5.10 Å². The smallest absolute Gasteiger partial charge is 0.263 e. The van der Waals surface area contributed by atoms with Crippen LogP contribution in [0.25, 0.3) is 10.9 Å². The number of halogens is 4. The lowest BCUT2D eigenvalue weighted by Crippen LogP contribution is -2.33. The maximum Gasteiger partial charge on any atom is 0.263 e. The highest BCUT2D eigenvalue weighted by molar-refractivity contribution is 6.35. The van der Waals surface area contributed by atoms with Gasteiger partial charge in [0.2, 0.25) is 5.95 Å². The molecule has 2 saturated carbocycles. The van der Waals surface area contributed by atoms with Crippen molar-refractivity contribution in [1.29, 1.82) is 5.26 Å². The summed E-state index contributed by atoms with van der Waals surface area (Å²) >= 11 is 6.70. The van der Waals surface area contributed by atoms with Crippen LogP contribution in [0.3, 0.4) is 0 Å². The van der Waals surface area contributed by atoms with Crippen LogP contribution in [0.2, 0.25) is 5.02 Å². The van der Waals surface area contributed by atoms with Crippen molar-refractivity contribution < 1.29 is 13.2 Å². The van der Waals surface area contributed by atoms with Crippen LogP contribution >= 0.6 is 11.6 Å². The summed E-state index contributed by atoms with van der Waals surface area (Å²) < 4.78 is 42.8. The van der Waals surface area contributed by atoms with E-state index in [1.165, 1.54) is 29.6 Å². The van der Waals surface area contributed by atoms with Gasteiger partial charge in [0.15, 0.2) is 0 Å². The number of nitriles is 1. The number of pyridine rings is 2. The number of rotatable bonds is 9. The van der Waals surface area contributed by atoms with Crippen molar-refractivity contribution in [2.45, 2.75) is 64.0 Å². The van der Waals surface area contributed by atoms with Gasteiger partial charge in [-0.2, -0.15) is 9.65 Å². The molecular formula is C29H28ClF3N8. The second kappa shape index (κ2) is 10.2. The van der Waals surface area contributed by atoms with Crippen LogP contribution in [0.15, 0.2) is 36.7 Å². The first-order valence-corrected chi connectivity index (χ1v) is 13.9. The first-order chi connectivity index (χ1) is 19.6. The van der Waals surface area contributed by atoms with Gasteiger partial charge in [-0.25, -0.2) is 18.4 Å². The molecule has 4 aromatic rings. The van der Waals surface area contributed by atoms with Crippen LogP contribution in [-0.4, -0.2) is 37.9 Å². The average Bonchev–Trinajstić information content (AvgIpc) is 3.60. The molecule has 0 saturated heterocycles. The molecule has 0 amide bonds. The molecule has 6 rings (SSSR count). The number of aromatic nitrogens is 5. The van der Waals surface area contributed by atoms with Crippen LogP contribution in [0, 0.1) is 29.6 Å². The van der Waals surface area contributed by atoms with E-state index < -0.39 is 24.0 Å².